The maximum atomic E-state index is 12.8. The van der Waals surface area contributed by atoms with Crippen molar-refractivity contribution in [3.63, 3.8) is 0 Å². The summed E-state index contributed by atoms with van der Waals surface area (Å²) in [5, 5.41) is 7.49. The summed E-state index contributed by atoms with van der Waals surface area (Å²) in [5.74, 6) is -0.114. The minimum absolute atomic E-state index is 0.114. The fourth-order valence-corrected chi connectivity index (χ4v) is 3.93. The van der Waals surface area contributed by atoms with E-state index in [1.807, 2.05) is 12.1 Å². The third-order valence-corrected chi connectivity index (χ3v) is 5.18. The zero-order valence-electron chi connectivity index (χ0n) is 13.7. The lowest BCUT2D eigenvalue weighted by molar-refractivity contribution is 0.0712. The maximum Gasteiger partial charge on any atom is 0.257 e. The van der Waals surface area contributed by atoms with Crippen molar-refractivity contribution in [2.45, 2.75) is 18.9 Å². The molecule has 1 aliphatic heterocycles. The largest absolute Gasteiger partial charge is 0.338 e. The number of rotatable bonds is 4. The van der Waals surface area contributed by atoms with E-state index in [-0.39, 0.29) is 11.9 Å². The summed E-state index contributed by atoms with van der Waals surface area (Å²) < 4.78 is 25.2. The molecule has 2 aromatic rings. The third kappa shape index (κ3) is 4.39. The molecule has 25 heavy (non-hydrogen) atoms. The zero-order valence-corrected chi connectivity index (χ0v) is 15.3. The van der Waals surface area contributed by atoms with Crippen molar-refractivity contribution < 1.29 is 13.2 Å². The van der Waals surface area contributed by atoms with Gasteiger partial charge in [-0.25, -0.2) is 13.1 Å². The van der Waals surface area contributed by atoms with Gasteiger partial charge in [-0.2, -0.15) is 5.10 Å². The Labute approximate surface area is 151 Å². The fourth-order valence-electron chi connectivity index (χ4n) is 2.96. The van der Waals surface area contributed by atoms with Crippen molar-refractivity contribution >= 4 is 27.5 Å². The Morgan fingerprint density at radius 1 is 1.28 bits per heavy atom. The summed E-state index contributed by atoms with van der Waals surface area (Å²) in [6, 6.07) is 7.05. The molecule has 1 fully saturated rings. The molecule has 2 N–H and O–H groups in total. The van der Waals surface area contributed by atoms with Crippen molar-refractivity contribution in [1.29, 1.82) is 0 Å². The first-order chi connectivity index (χ1) is 11.8. The van der Waals surface area contributed by atoms with E-state index in [2.05, 4.69) is 14.9 Å². The number of piperidine rings is 1. The minimum Gasteiger partial charge on any atom is -0.338 e. The minimum atomic E-state index is -3.23. The van der Waals surface area contributed by atoms with Gasteiger partial charge in [0.05, 0.1) is 23.7 Å². The van der Waals surface area contributed by atoms with E-state index in [0.29, 0.717) is 42.2 Å². The highest BCUT2D eigenvalue weighted by molar-refractivity contribution is 7.88. The number of aromatic amines is 1. The van der Waals surface area contributed by atoms with E-state index in [1.165, 1.54) is 6.20 Å². The second-order valence-corrected chi connectivity index (χ2v) is 8.34. The van der Waals surface area contributed by atoms with Gasteiger partial charge in [0.25, 0.3) is 5.91 Å². The van der Waals surface area contributed by atoms with E-state index >= 15 is 0 Å². The average molecular weight is 383 g/mol. The Bertz CT molecular complexity index is 856. The highest BCUT2D eigenvalue weighted by Crippen LogP contribution is 2.25. The van der Waals surface area contributed by atoms with Crippen LogP contribution < -0.4 is 4.72 Å². The summed E-state index contributed by atoms with van der Waals surface area (Å²) in [7, 11) is -3.23. The van der Waals surface area contributed by atoms with Crippen LogP contribution in [0.1, 0.15) is 23.2 Å². The van der Waals surface area contributed by atoms with Crippen LogP contribution in [0.15, 0.2) is 30.5 Å². The van der Waals surface area contributed by atoms with Gasteiger partial charge in [-0.05, 0) is 25.0 Å². The van der Waals surface area contributed by atoms with E-state index in [4.69, 9.17) is 11.6 Å². The lowest BCUT2D eigenvalue weighted by atomic mass is 10.0. The zero-order chi connectivity index (χ0) is 18.0. The Morgan fingerprint density at radius 2 is 1.92 bits per heavy atom. The predicted octanol–water partition coefficient (Wildman–Crippen LogP) is 1.88. The van der Waals surface area contributed by atoms with E-state index in [9.17, 15) is 13.2 Å². The first-order valence-electron chi connectivity index (χ1n) is 7.89. The molecule has 1 amide bonds. The van der Waals surface area contributed by atoms with Gasteiger partial charge in [0.15, 0.2) is 0 Å². The van der Waals surface area contributed by atoms with E-state index in [0.717, 1.165) is 11.8 Å². The van der Waals surface area contributed by atoms with Crippen LogP contribution in [0, 0.1) is 0 Å². The number of aromatic nitrogens is 2. The molecule has 0 spiro atoms. The van der Waals surface area contributed by atoms with E-state index < -0.39 is 10.0 Å². The number of carbonyl (C=O) groups is 1. The molecule has 1 saturated heterocycles. The van der Waals surface area contributed by atoms with Crippen molar-refractivity contribution in [1.82, 2.24) is 19.8 Å². The molecule has 0 radical (unpaired) electrons. The number of likely N-dealkylation sites (tertiary alicyclic amines) is 1. The second kappa shape index (κ2) is 7.15. The predicted molar refractivity (Wildman–Crippen MR) is 95.9 cm³/mol. The number of nitrogens with zero attached hydrogens (tertiary/aromatic N) is 2. The van der Waals surface area contributed by atoms with Crippen molar-refractivity contribution in [2.75, 3.05) is 19.3 Å². The van der Waals surface area contributed by atoms with Gasteiger partial charge in [-0.15, -0.1) is 0 Å². The third-order valence-electron chi connectivity index (χ3n) is 4.17. The first-order valence-corrected chi connectivity index (χ1v) is 10.2. The van der Waals surface area contributed by atoms with Gasteiger partial charge >= 0.3 is 0 Å². The van der Waals surface area contributed by atoms with Gasteiger partial charge in [0, 0.05) is 29.7 Å². The van der Waals surface area contributed by atoms with E-state index in [1.54, 1.807) is 17.0 Å². The highest BCUT2D eigenvalue weighted by atomic mass is 35.5. The highest BCUT2D eigenvalue weighted by Gasteiger charge is 2.27. The lowest BCUT2D eigenvalue weighted by Crippen LogP contribution is -2.46. The number of halogens is 1. The molecule has 0 bridgehead atoms. The lowest BCUT2D eigenvalue weighted by Gasteiger charge is -2.32. The van der Waals surface area contributed by atoms with Crippen molar-refractivity contribution in [2.24, 2.45) is 0 Å². The summed E-state index contributed by atoms with van der Waals surface area (Å²) in [6.07, 6.45) is 3.85. The van der Waals surface area contributed by atoms with Crippen LogP contribution >= 0.6 is 11.6 Å². The standard InChI is InChI=1S/C16H19ClN4O3S/c1-25(23,24)20-13-6-8-21(9-7-13)16(22)14-10-18-19-15(14)11-2-4-12(17)5-3-11/h2-5,10,13,20H,6-9H2,1H3,(H,18,19). The molecular weight excluding hydrogens is 364 g/mol. The van der Waals surface area contributed by atoms with Gasteiger partial charge in [-0.1, -0.05) is 23.7 Å². The normalized spacial score (nSPS) is 16.2. The summed E-state index contributed by atoms with van der Waals surface area (Å²) >= 11 is 5.91. The summed E-state index contributed by atoms with van der Waals surface area (Å²) in [5.41, 5.74) is 1.98. The molecule has 134 valence electrons. The molecule has 7 nitrogen and oxygen atoms in total. The maximum absolute atomic E-state index is 12.8. The SMILES string of the molecule is CS(=O)(=O)NC1CCN(C(=O)c2cn[nH]c2-c2ccc(Cl)cc2)CC1. The summed E-state index contributed by atoms with van der Waals surface area (Å²) in [6.45, 7) is 0.995. The second-order valence-electron chi connectivity index (χ2n) is 6.12. The Hall–Kier alpha value is -1.90. The van der Waals surface area contributed by atoms with Crippen LogP contribution in [-0.2, 0) is 10.0 Å². The Morgan fingerprint density at radius 3 is 2.52 bits per heavy atom. The molecule has 0 aliphatic carbocycles. The summed E-state index contributed by atoms with van der Waals surface area (Å²) in [4.78, 5) is 14.5. The van der Waals surface area contributed by atoms with Crippen molar-refractivity contribution in [3.05, 3.63) is 41.0 Å². The quantitative estimate of drug-likeness (QED) is 0.844. The molecular formula is C16H19ClN4O3S. The molecule has 0 atom stereocenters. The topological polar surface area (TPSA) is 95.2 Å². The van der Waals surface area contributed by atoms with Crippen LogP contribution in [0.5, 0.6) is 0 Å². The molecule has 0 saturated carbocycles. The smallest absolute Gasteiger partial charge is 0.257 e. The average Bonchev–Trinajstić information content (AvgIpc) is 3.04. The molecule has 0 unspecified atom stereocenters. The van der Waals surface area contributed by atoms with Crippen LogP contribution in [0.3, 0.4) is 0 Å². The van der Waals surface area contributed by atoms with Crippen molar-refractivity contribution in [3.8, 4) is 11.3 Å². The van der Waals surface area contributed by atoms with Crippen LogP contribution in [0.4, 0.5) is 0 Å². The molecule has 2 heterocycles. The number of sulfonamides is 1. The Balaban J connectivity index is 1.71. The number of hydrogen-bond donors (Lipinski definition) is 2. The van der Waals surface area contributed by atoms with Crippen LogP contribution in [0.25, 0.3) is 11.3 Å². The first kappa shape index (κ1) is 17.9. The van der Waals surface area contributed by atoms with Gasteiger partial charge < -0.3 is 4.90 Å². The number of amides is 1. The number of carbonyl (C=O) groups excluding carboxylic acids is 1. The molecule has 3 rings (SSSR count). The van der Waals surface area contributed by atoms with Gasteiger partial charge in [0.1, 0.15) is 0 Å². The number of nitrogens with one attached hydrogen (secondary N) is 2. The number of H-pyrrole nitrogens is 1. The molecule has 1 aromatic heterocycles. The number of benzene rings is 1. The molecule has 1 aliphatic rings. The van der Waals surface area contributed by atoms with Crippen LogP contribution in [0.2, 0.25) is 5.02 Å². The molecule has 9 heteroatoms. The fraction of sp³-hybridized carbons (Fsp3) is 0.375. The van der Waals surface area contributed by atoms with Gasteiger partial charge in [0.2, 0.25) is 10.0 Å². The Kier molecular flexibility index (Phi) is 5.12. The number of hydrogen-bond acceptors (Lipinski definition) is 4. The monoisotopic (exact) mass is 382 g/mol. The van der Waals surface area contributed by atoms with Crippen LogP contribution in [-0.4, -0.2) is 54.8 Å². The molecule has 1 aromatic carbocycles. The van der Waals surface area contributed by atoms with Gasteiger partial charge in [-0.3, -0.25) is 9.89 Å².